The van der Waals surface area contributed by atoms with Crippen molar-refractivity contribution in [3.8, 4) is 0 Å². The number of rotatable bonds is 5. The maximum absolute atomic E-state index is 13.0. The van der Waals surface area contributed by atoms with Crippen LogP contribution in [0.4, 0.5) is 14.9 Å². The highest BCUT2D eigenvalue weighted by Crippen LogP contribution is 2.22. The number of amides is 2. The Kier molecular flexibility index (Phi) is 5.75. The summed E-state index contributed by atoms with van der Waals surface area (Å²) in [5.41, 5.74) is 0.234. The molecule has 7 heteroatoms. The molecular weight excluding hydrogens is 319 g/mol. The molecule has 0 radical (unpaired) electrons. The molecular formula is C12H14BrFN2O3. The molecule has 0 aliphatic carbocycles. The third-order valence-corrected chi connectivity index (χ3v) is 3.05. The van der Waals surface area contributed by atoms with Crippen LogP contribution in [0.2, 0.25) is 0 Å². The number of carbonyl (C=O) groups is 2. The Morgan fingerprint density at radius 1 is 1.47 bits per heavy atom. The van der Waals surface area contributed by atoms with Gasteiger partial charge in [0.1, 0.15) is 11.9 Å². The lowest BCUT2D eigenvalue weighted by Crippen LogP contribution is -2.42. The monoisotopic (exact) mass is 332 g/mol. The first-order chi connectivity index (χ1) is 8.93. The minimum atomic E-state index is -1.10. The predicted molar refractivity (Wildman–Crippen MR) is 72.6 cm³/mol. The fourth-order valence-corrected chi connectivity index (χ4v) is 1.80. The van der Waals surface area contributed by atoms with Gasteiger partial charge in [0.15, 0.2) is 0 Å². The molecule has 2 amide bonds. The van der Waals surface area contributed by atoms with E-state index in [2.05, 4.69) is 26.6 Å². The third kappa shape index (κ3) is 4.86. The number of aliphatic carboxylic acids is 1. The summed E-state index contributed by atoms with van der Waals surface area (Å²) in [5, 5.41) is 13.6. The number of nitrogens with one attached hydrogen (secondary N) is 2. The third-order valence-electron chi connectivity index (χ3n) is 2.36. The lowest BCUT2D eigenvalue weighted by atomic mass is 10.2. The van der Waals surface area contributed by atoms with Gasteiger partial charge < -0.3 is 15.7 Å². The van der Waals surface area contributed by atoms with Gasteiger partial charge in [0.05, 0.1) is 5.69 Å². The topological polar surface area (TPSA) is 78.4 Å². The maximum Gasteiger partial charge on any atom is 0.326 e. The highest BCUT2D eigenvalue weighted by atomic mass is 79.9. The van der Waals surface area contributed by atoms with Gasteiger partial charge in [-0.25, -0.2) is 14.0 Å². The van der Waals surface area contributed by atoms with E-state index in [1.165, 1.54) is 12.1 Å². The minimum absolute atomic E-state index is 0.234. The Labute approximate surface area is 118 Å². The van der Waals surface area contributed by atoms with Crippen molar-refractivity contribution in [1.82, 2.24) is 5.32 Å². The van der Waals surface area contributed by atoms with Gasteiger partial charge in [0, 0.05) is 4.47 Å². The van der Waals surface area contributed by atoms with E-state index >= 15 is 0 Å². The van der Waals surface area contributed by atoms with E-state index in [4.69, 9.17) is 5.11 Å². The van der Waals surface area contributed by atoms with Crippen LogP contribution in [0.3, 0.4) is 0 Å². The average molecular weight is 333 g/mol. The number of anilines is 1. The molecule has 1 atom stereocenters. The zero-order chi connectivity index (χ0) is 14.4. The highest BCUT2D eigenvalue weighted by molar-refractivity contribution is 9.10. The van der Waals surface area contributed by atoms with Gasteiger partial charge in [-0.2, -0.15) is 0 Å². The molecule has 0 spiro atoms. The number of carboxylic acids is 1. The summed E-state index contributed by atoms with van der Waals surface area (Å²) in [7, 11) is 0. The van der Waals surface area contributed by atoms with Crippen LogP contribution < -0.4 is 10.6 Å². The lowest BCUT2D eigenvalue weighted by Gasteiger charge is -2.14. The van der Waals surface area contributed by atoms with Crippen LogP contribution >= 0.6 is 15.9 Å². The molecule has 0 aromatic heterocycles. The van der Waals surface area contributed by atoms with E-state index in [1.54, 1.807) is 0 Å². The Hall–Kier alpha value is -1.63. The van der Waals surface area contributed by atoms with Crippen molar-refractivity contribution in [3.63, 3.8) is 0 Å². The van der Waals surface area contributed by atoms with Gasteiger partial charge in [-0.1, -0.05) is 13.3 Å². The van der Waals surface area contributed by atoms with Crippen molar-refractivity contribution in [1.29, 1.82) is 0 Å². The summed E-state index contributed by atoms with van der Waals surface area (Å²) in [6.45, 7) is 1.82. The molecule has 0 aliphatic heterocycles. The lowest BCUT2D eigenvalue weighted by molar-refractivity contribution is -0.139. The quantitative estimate of drug-likeness (QED) is 0.775. The second kappa shape index (κ2) is 7.08. The fourth-order valence-electron chi connectivity index (χ4n) is 1.46. The van der Waals surface area contributed by atoms with Crippen LogP contribution in [-0.4, -0.2) is 23.1 Å². The van der Waals surface area contributed by atoms with Crippen molar-refractivity contribution in [2.24, 2.45) is 0 Å². The molecule has 0 saturated carbocycles. The summed E-state index contributed by atoms with van der Waals surface area (Å²) in [5.74, 6) is -1.60. The van der Waals surface area contributed by atoms with Crippen LogP contribution in [-0.2, 0) is 4.79 Å². The molecule has 0 saturated heterocycles. The van der Waals surface area contributed by atoms with Crippen LogP contribution in [0.1, 0.15) is 19.8 Å². The normalized spacial score (nSPS) is 11.7. The molecule has 0 heterocycles. The van der Waals surface area contributed by atoms with E-state index in [9.17, 15) is 14.0 Å². The van der Waals surface area contributed by atoms with E-state index < -0.39 is 23.9 Å². The number of hydrogen-bond donors (Lipinski definition) is 3. The number of urea groups is 1. The second-order valence-corrected chi connectivity index (χ2v) is 4.76. The zero-order valence-corrected chi connectivity index (χ0v) is 11.8. The largest absolute Gasteiger partial charge is 0.480 e. The van der Waals surface area contributed by atoms with Crippen LogP contribution in [0.5, 0.6) is 0 Å². The second-order valence-electron chi connectivity index (χ2n) is 3.90. The van der Waals surface area contributed by atoms with Gasteiger partial charge in [0.2, 0.25) is 0 Å². The van der Waals surface area contributed by atoms with Crippen molar-refractivity contribution in [2.75, 3.05) is 5.32 Å². The number of carboxylic acid groups (broad SMARTS) is 1. The molecule has 0 bridgehead atoms. The van der Waals surface area contributed by atoms with Gasteiger partial charge in [0.25, 0.3) is 0 Å². The maximum atomic E-state index is 13.0. The Balaban J connectivity index is 2.68. The molecule has 104 valence electrons. The highest BCUT2D eigenvalue weighted by Gasteiger charge is 2.19. The Morgan fingerprint density at radius 3 is 2.74 bits per heavy atom. The molecule has 0 aliphatic rings. The number of carbonyl (C=O) groups excluding carboxylic acids is 1. The number of halogens is 2. The van der Waals surface area contributed by atoms with E-state index in [-0.39, 0.29) is 5.69 Å². The first kappa shape index (κ1) is 15.4. The Morgan fingerprint density at radius 2 is 2.16 bits per heavy atom. The van der Waals surface area contributed by atoms with E-state index in [0.717, 1.165) is 6.07 Å². The van der Waals surface area contributed by atoms with Crippen LogP contribution in [0, 0.1) is 5.82 Å². The number of benzene rings is 1. The number of hydrogen-bond acceptors (Lipinski definition) is 2. The zero-order valence-electron chi connectivity index (χ0n) is 10.2. The first-order valence-electron chi connectivity index (χ1n) is 5.69. The summed E-state index contributed by atoms with van der Waals surface area (Å²) < 4.78 is 13.5. The first-order valence-corrected chi connectivity index (χ1v) is 6.48. The smallest absolute Gasteiger partial charge is 0.326 e. The molecule has 1 aromatic carbocycles. The van der Waals surface area contributed by atoms with E-state index in [1.807, 2.05) is 6.92 Å². The molecule has 5 nitrogen and oxygen atoms in total. The average Bonchev–Trinajstić information content (AvgIpc) is 2.33. The molecule has 3 N–H and O–H groups in total. The molecule has 1 aromatic rings. The Bertz CT molecular complexity index is 482. The van der Waals surface area contributed by atoms with Gasteiger partial charge in [-0.05, 0) is 40.5 Å². The van der Waals surface area contributed by atoms with Gasteiger partial charge >= 0.3 is 12.0 Å². The van der Waals surface area contributed by atoms with Crippen molar-refractivity contribution in [2.45, 2.75) is 25.8 Å². The SMILES string of the molecule is CCC[C@H](NC(=O)Nc1cc(F)ccc1Br)C(=O)O. The van der Waals surface area contributed by atoms with Gasteiger partial charge in [-0.15, -0.1) is 0 Å². The molecule has 19 heavy (non-hydrogen) atoms. The summed E-state index contributed by atoms with van der Waals surface area (Å²) in [6, 6.07) is 2.18. The van der Waals surface area contributed by atoms with Crippen LogP contribution in [0.25, 0.3) is 0 Å². The summed E-state index contributed by atoms with van der Waals surface area (Å²) in [4.78, 5) is 22.5. The van der Waals surface area contributed by atoms with Gasteiger partial charge in [-0.3, -0.25) is 0 Å². The van der Waals surface area contributed by atoms with E-state index in [0.29, 0.717) is 17.3 Å². The molecule has 1 rings (SSSR count). The minimum Gasteiger partial charge on any atom is -0.480 e. The fraction of sp³-hybridized carbons (Fsp3) is 0.333. The summed E-state index contributed by atoms with van der Waals surface area (Å²) in [6.07, 6.45) is 0.952. The van der Waals surface area contributed by atoms with Crippen molar-refractivity contribution >= 4 is 33.6 Å². The standard InChI is InChI=1S/C12H14BrFN2O3/c1-2-3-9(11(17)18)15-12(19)16-10-6-7(14)4-5-8(10)13/h4-6,9H,2-3H2,1H3,(H,17,18)(H2,15,16,19)/t9-/m0/s1. The van der Waals surface area contributed by atoms with Crippen LogP contribution in [0.15, 0.2) is 22.7 Å². The summed E-state index contributed by atoms with van der Waals surface area (Å²) >= 11 is 3.16. The molecule has 0 fully saturated rings. The predicted octanol–water partition coefficient (Wildman–Crippen LogP) is 2.96. The van der Waals surface area contributed by atoms with Crippen molar-refractivity contribution < 1.29 is 19.1 Å². The van der Waals surface area contributed by atoms with Crippen molar-refractivity contribution in [3.05, 3.63) is 28.5 Å². The molecule has 0 unspecified atom stereocenters.